The second-order valence-corrected chi connectivity index (χ2v) is 7.21. The average molecular weight is 316 g/mol. The Kier molecular flexibility index (Phi) is 4.00. The van der Waals surface area contributed by atoms with Gasteiger partial charge in [0.25, 0.3) is 0 Å². The lowest BCUT2D eigenvalue weighted by molar-refractivity contribution is 0.0196. The second kappa shape index (κ2) is 5.83. The highest BCUT2D eigenvalue weighted by molar-refractivity contribution is 5.71. The molecule has 6 nitrogen and oxygen atoms in total. The summed E-state index contributed by atoms with van der Waals surface area (Å²) in [6.07, 6.45) is 1.72. The zero-order valence-corrected chi connectivity index (χ0v) is 14.2. The van der Waals surface area contributed by atoms with E-state index < -0.39 is 5.60 Å². The van der Waals surface area contributed by atoms with Gasteiger partial charge in [0.1, 0.15) is 11.4 Å². The molecule has 1 atom stereocenters. The number of rotatable bonds is 1. The number of aromatic amines is 1. The van der Waals surface area contributed by atoms with Gasteiger partial charge in [0.05, 0.1) is 5.52 Å². The van der Waals surface area contributed by atoms with Crippen LogP contribution in [0.1, 0.15) is 51.0 Å². The molecule has 2 aromatic rings. The van der Waals surface area contributed by atoms with E-state index in [1.54, 1.807) is 4.90 Å². The van der Waals surface area contributed by atoms with Crippen LogP contribution in [0.4, 0.5) is 4.79 Å². The zero-order valence-electron chi connectivity index (χ0n) is 14.2. The molecule has 0 spiro atoms. The zero-order chi connectivity index (χ0) is 16.6. The first-order valence-corrected chi connectivity index (χ1v) is 8.13. The van der Waals surface area contributed by atoms with Gasteiger partial charge in [0.15, 0.2) is 5.65 Å². The molecule has 0 bridgehead atoms. The summed E-state index contributed by atoms with van der Waals surface area (Å²) in [5, 5.41) is 0. The van der Waals surface area contributed by atoms with E-state index in [-0.39, 0.29) is 12.0 Å². The summed E-state index contributed by atoms with van der Waals surface area (Å²) in [5.74, 6) is 1.11. The molecule has 124 valence electrons. The smallest absolute Gasteiger partial charge is 0.410 e. The largest absolute Gasteiger partial charge is 0.444 e. The number of ether oxygens (including phenoxy) is 1. The van der Waals surface area contributed by atoms with Gasteiger partial charge >= 0.3 is 6.09 Å². The van der Waals surface area contributed by atoms with Crippen molar-refractivity contribution in [2.45, 2.75) is 52.1 Å². The maximum Gasteiger partial charge on any atom is 0.410 e. The summed E-state index contributed by atoms with van der Waals surface area (Å²) >= 11 is 0. The maximum absolute atomic E-state index is 12.3. The SMILES string of the molecule is Cc1ccc2[nH]c([C@@H]3CCCN(C(=O)OC(C)(C)C)C3)nc2n1. The number of amides is 1. The molecule has 23 heavy (non-hydrogen) atoms. The molecule has 0 aromatic carbocycles. The lowest BCUT2D eigenvalue weighted by atomic mass is 9.98. The fraction of sp³-hybridized carbons (Fsp3) is 0.588. The van der Waals surface area contributed by atoms with Crippen molar-refractivity contribution < 1.29 is 9.53 Å². The summed E-state index contributed by atoms with van der Waals surface area (Å²) in [4.78, 5) is 26.5. The van der Waals surface area contributed by atoms with Crippen LogP contribution in [0.5, 0.6) is 0 Å². The van der Waals surface area contributed by atoms with E-state index >= 15 is 0 Å². The molecule has 2 aromatic heterocycles. The maximum atomic E-state index is 12.3. The molecule has 0 saturated carbocycles. The normalized spacial score (nSPS) is 19.1. The van der Waals surface area contributed by atoms with Crippen molar-refractivity contribution in [2.75, 3.05) is 13.1 Å². The minimum absolute atomic E-state index is 0.200. The number of nitrogens with zero attached hydrogens (tertiary/aromatic N) is 3. The highest BCUT2D eigenvalue weighted by atomic mass is 16.6. The van der Waals surface area contributed by atoms with Crippen LogP contribution >= 0.6 is 0 Å². The van der Waals surface area contributed by atoms with Crippen molar-refractivity contribution in [2.24, 2.45) is 0 Å². The van der Waals surface area contributed by atoms with Crippen molar-refractivity contribution in [3.05, 3.63) is 23.7 Å². The number of carbonyl (C=O) groups excluding carboxylic acids is 1. The lowest BCUT2D eigenvalue weighted by Gasteiger charge is -2.33. The Hall–Kier alpha value is -2.11. The molecule has 1 amide bonds. The van der Waals surface area contributed by atoms with Gasteiger partial charge in [-0.25, -0.2) is 14.8 Å². The Morgan fingerprint density at radius 1 is 1.35 bits per heavy atom. The molecule has 1 saturated heterocycles. The van der Waals surface area contributed by atoms with Crippen LogP contribution < -0.4 is 0 Å². The van der Waals surface area contributed by atoms with E-state index in [4.69, 9.17) is 4.74 Å². The van der Waals surface area contributed by atoms with Crippen LogP contribution in [-0.2, 0) is 4.74 Å². The van der Waals surface area contributed by atoms with Crippen LogP contribution in [0, 0.1) is 6.92 Å². The van der Waals surface area contributed by atoms with Gasteiger partial charge in [-0.1, -0.05) is 0 Å². The molecule has 3 rings (SSSR count). The number of aryl methyl sites for hydroxylation is 1. The first kappa shape index (κ1) is 15.8. The Morgan fingerprint density at radius 2 is 2.13 bits per heavy atom. The molecule has 1 fully saturated rings. The third-order valence-corrected chi connectivity index (χ3v) is 3.96. The van der Waals surface area contributed by atoms with Crippen LogP contribution in [0.3, 0.4) is 0 Å². The fourth-order valence-corrected chi connectivity index (χ4v) is 2.89. The summed E-state index contributed by atoms with van der Waals surface area (Å²) in [7, 11) is 0. The van der Waals surface area contributed by atoms with Gasteiger partial charge in [-0.15, -0.1) is 0 Å². The molecular weight excluding hydrogens is 292 g/mol. The molecule has 1 aliphatic rings. The number of H-pyrrole nitrogens is 1. The lowest BCUT2D eigenvalue weighted by Crippen LogP contribution is -2.42. The Labute approximate surface area is 136 Å². The highest BCUT2D eigenvalue weighted by Gasteiger charge is 2.29. The number of likely N-dealkylation sites (tertiary alicyclic amines) is 1. The number of pyridine rings is 1. The minimum atomic E-state index is -0.467. The predicted molar refractivity (Wildman–Crippen MR) is 88.4 cm³/mol. The van der Waals surface area contributed by atoms with Crippen LogP contribution in [0.25, 0.3) is 11.2 Å². The summed E-state index contributed by atoms with van der Waals surface area (Å²) in [6, 6.07) is 3.97. The first-order valence-electron chi connectivity index (χ1n) is 8.13. The first-order chi connectivity index (χ1) is 10.8. The predicted octanol–water partition coefficient (Wildman–Crippen LogP) is 3.38. The third kappa shape index (κ3) is 3.63. The summed E-state index contributed by atoms with van der Waals surface area (Å²) in [6.45, 7) is 8.99. The highest BCUT2D eigenvalue weighted by Crippen LogP contribution is 2.27. The average Bonchev–Trinajstić information content (AvgIpc) is 2.88. The molecule has 0 radical (unpaired) electrons. The van der Waals surface area contributed by atoms with Gasteiger partial charge in [0.2, 0.25) is 0 Å². The summed E-state index contributed by atoms with van der Waals surface area (Å²) < 4.78 is 5.48. The molecule has 0 unspecified atom stereocenters. The van der Waals surface area contributed by atoms with Gasteiger partial charge in [-0.05, 0) is 52.7 Å². The number of fused-ring (bicyclic) bond motifs is 1. The number of carbonyl (C=O) groups is 1. The number of aromatic nitrogens is 3. The Bertz CT molecular complexity index is 717. The fourth-order valence-electron chi connectivity index (χ4n) is 2.89. The van der Waals surface area contributed by atoms with Crippen molar-refractivity contribution in [1.29, 1.82) is 0 Å². The van der Waals surface area contributed by atoms with Gasteiger partial charge in [0, 0.05) is 24.7 Å². The van der Waals surface area contributed by atoms with Gasteiger partial charge in [-0.3, -0.25) is 0 Å². The van der Waals surface area contributed by atoms with E-state index in [0.717, 1.165) is 42.1 Å². The number of imidazole rings is 1. The standard InChI is InChI=1S/C17H24N4O2/c1-11-7-8-13-15(18-11)20-14(19-13)12-6-5-9-21(10-12)16(22)23-17(2,3)4/h7-8,12H,5-6,9-10H2,1-4H3,(H,18,19,20)/t12-/m1/s1. The minimum Gasteiger partial charge on any atom is -0.444 e. The van der Waals surface area contributed by atoms with Crippen molar-refractivity contribution in [1.82, 2.24) is 19.9 Å². The van der Waals surface area contributed by atoms with Crippen molar-refractivity contribution in [3.8, 4) is 0 Å². The van der Waals surface area contributed by atoms with Crippen LogP contribution in [0.15, 0.2) is 12.1 Å². The number of hydrogen-bond donors (Lipinski definition) is 1. The van der Waals surface area contributed by atoms with E-state index in [1.807, 2.05) is 39.8 Å². The van der Waals surface area contributed by atoms with Gasteiger partial charge in [-0.2, -0.15) is 0 Å². The number of piperidine rings is 1. The Morgan fingerprint density at radius 3 is 2.87 bits per heavy atom. The second-order valence-electron chi connectivity index (χ2n) is 7.21. The van der Waals surface area contributed by atoms with E-state index in [0.29, 0.717) is 6.54 Å². The van der Waals surface area contributed by atoms with Crippen LogP contribution in [-0.4, -0.2) is 44.6 Å². The van der Waals surface area contributed by atoms with Crippen LogP contribution in [0.2, 0.25) is 0 Å². The van der Waals surface area contributed by atoms with E-state index in [1.165, 1.54) is 0 Å². The molecule has 0 aliphatic carbocycles. The number of nitrogens with one attached hydrogen (secondary N) is 1. The van der Waals surface area contributed by atoms with Gasteiger partial charge < -0.3 is 14.6 Å². The molecule has 1 aliphatic heterocycles. The Balaban J connectivity index is 1.75. The molecule has 6 heteroatoms. The number of hydrogen-bond acceptors (Lipinski definition) is 4. The van der Waals surface area contributed by atoms with Crippen molar-refractivity contribution >= 4 is 17.3 Å². The monoisotopic (exact) mass is 316 g/mol. The van der Waals surface area contributed by atoms with E-state index in [9.17, 15) is 4.79 Å². The third-order valence-electron chi connectivity index (χ3n) is 3.96. The quantitative estimate of drug-likeness (QED) is 0.875. The van der Waals surface area contributed by atoms with Crippen molar-refractivity contribution in [3.63, 3.8) is 0 Å². The molecular formula is C17H24N4O2. The molecule has 1 N–H and O–H groups in total. The topological polar surface area (TPSA) is 71.1 Å². The van der Waals surface area contributed by atoms with E-state index in [2.05, 4.69) is 15.0 Å². The molecule has 3 heterocycles. The summed E-state index contributed by atoms with van der Waals surface area (Å²) in [5.41, 5.74) is 2.18.